The van der Waals surface area contributed by atoms with Crippen LogP contribution in [0.15, 0.2) is 60.9 Å². The molecule has 0 saturated carbocycles. The lowest BCUT2D eigenvalue weighted by Crippen LogP contribution is -2.14. The molecule has 3 rings (SSSR count). The van der Waals surface area contributed by atoms with Crippen molar-refractivity contribution >= 4 is 29.0 Å². The maximum Gasteiger partial charge on any atom is 0.416 e. The van der Waals surface area contributed by atoms with Gasteiger partial charge in [0.1, 0.15) is 11.0 Å². The van der Waals surface area contributed by atoms with Crippen LogP contribution >= 0.6 is 11.6 Å². The van der Waals surface area contributed by atoms with Gasteiger partial charge in [0.15, 0.2) is 0 Å². The summed E-state index contributed by atoms with van der Waals surface area (Å²) < 4.78 is 38.5. The van der Waals surface area contributed by atoms with Crippen LogP contribution in [0.4, 0.5) is 24.7 Å². The molecule has 9 heteroatoms. The van der Waals surface area contributed by atoms with Crippen LogP contribution in [0.2, 0.25) is 5.15 Å². The largest absolute Gasteiger partial charge is 0.416 e. The van der Waals surface area contributed by atoms with Gasteiger partial charge in [-0.1, -0.05) is 29.8 Å². The van der Waals surface area contributed by atoms with Crippen molar-refractivity contribution < 1.29 is 18.0 Å². The molecule has 0 radical (unpaired) electrons. The van der Waals surface area contributed by atoms with Crippen LogP contribution in [0.3, 0.4) is 0 Å². The second kappa shape index (κ2) is 8.48. The highest BCUT2D eigenvalue weighted by Gasteiger charge is 2.30. The molecule has 29 heavy (non-hydrogen) atoms. The van der Waals surface area contributed by atoms with E-state index in [0.29, 0.717) is 11.5 Å². The first-order chi connectivity index (χ1) is 13.7. The standard InChI is InChI=1S/C20H16ClF3N4O/c1-12(26-18-11-25-10-17(21)28-18)13-4-3-7-16(9-13)27-19(29)14-5-2-6-15(8-14)20(22,23)24/h2-12H,1H3,(H,26,28)(H,27,29)/t12-/m1/s1. The van der Waals surface area contributed by atoms with E-state index in [1.54, 1.807) is 18.2 Å². The molecular formula is C20H16ClF3N4O. The molecule has 1 amide bonds. The summed E-state index contributed by atoms with van der Waals surface area (Å²) in [5.41, 5.74) is 0.328. The third-order valence-corrected chi connectivity index (χ3v) is 4.25. The minimum absolute atomic E-state index is 0.0781. The zero-order valence-corrected chi connectivity index (χ0v) is 15.9. The predicted molar refractivity (Wildman–Crippen MR) is 105 cm³/mol. The molecule has 5 nitrogen and oxygen atoms in total. The molecular weight excluding hydrogens is 405 g/mol. The Bertz CT molecular complexity index is 1030. The first-order valence-electron chi connectivity index (χ1n) is 8.55. The van der Waals surface area contributed by atoms with Gasteiger partial charge in [-0.05, 0) is 42.8 Å². The summed E-state index contributed by atoms with van der Waals surface area (Å²) in [5.74, 6) is -0.141. The van der Waals surface area contributed by atoms with Crippen molar-refractivity contribution in [3.05, 3.63) is 82.8 Å². The minimum Gasteiger partial charge on any atom is -0.362 e. The summed E-state index contributed by atoms with van der Waals surface area (Å²) in [6, 6.07) is 11.0. The Labute approximate surface area is 170 Å². The number of nitrogens with zero attached hydrogens (tertiary/aromatic N) is 2. The van der Waals surface area contributed by atoms with Crippen LogP contribution in [0, 0.1) is 0 Å². The van der Waals surface area contributed by atoms with Gasteiger partial charge in [0.05, 0.1) is 24.0 Å². The van der Waals surface area contributed by atoms with Crippen LogP contribution in [0.5, 0.6) is 0 Å². The van der Waals surface area contributed by atoms with Crippen LogP contribution in [0.25, 0.3) is 0 Å². The topological polar surface area (TPSA) is 66.9 Å². The number of amides is 1. The Morgan fingerprint density at radius 1 is 1.10 bits per heavy atom. The fraction of sp³-hybridized carbons (Fsp3) is 0.150. The molecule has 0 aliphatic rings. The molecule has 2 aromatic carbocycles. The molecule has 0 bridgehead atoms. The smallest absolute Gasteiger partial charge is 0.362 e. The van der Waals surface area contributed by atoms with Gasteiger partial charge in [0.2, 0.25) is 0 Å². The van der Waals surface area contributed by atoms with E-state index in [2.05, 4.69) is 20.6 Å². The van der Waals surface area contributed by atoms with Crippen molar-refractivity contribution in [3.63, 3.8) is 0 Å². The average molecular weight is 421 g/mol. The second-order valence-electron chi connectivity index (χ2n) is 6.25. The highest BCUT2D eigenvalue weighted by atomic mass is 35.5. The quantitative estimate of drug-likeness (QED) is 0.566. The fourth-order valence-corrected chi connectivity index (χ4v) is 2.79. The zero-order valence-electron chi connectivity index (χ0n) is 15.2. The van der Waals surface area contributed by atoms with E-state index in [9.17, 15) is 18.0 Å². The third-order valence-electron chi connectivity index (χ3n) is 4.07. The number of carbonyl (C=O) groups excluding carboxylic acids is 1. The van der Waals surface area contributed by atoms with Crippen molar-refractivity contribution in [1.29, 1.82) is 0 Å². The van der Waals surface area contributed by atoms with Crippen LogP contribution in [-0.4, -0.2) is 15.9 Å². The van der Waals surface area contributed by atoms with Gasteiger partial charge in [-0.15, -0.1) is 0 Å². The molecule has 0 spiro atoms. The molecule has 1 atom stereocenters. The first kappa shape index (κ1) is 20.6. The van der Waals surface area contributed by atoms with Crippen LogP contribution in [-0.2, 0) is 6.18 Å². The van der Waals surface area contributed by atoms with Crippen LogP contribution < -0.4 is 10.6 Å². The van der Waals surface area contributed by atoms with Crippen molar-refractivity contribution in [2.45, 2.75) is 19.1 Å². The van der Waals surface area contributed by atoms with Crippen molar-refractivity contribution in [3.8, 4) is 0 Å². The highest BCUT2D eigenvalue weighted by molar-refractivity contribution is 6.29. The summed E-state index contributed by atoms with van der Waals surface area (Å²) in [6.45, 7) is 1.89. The Hall–Kier alpha value is -3.13. The van der Waals surface area contributed by atoms with Crippen LogP contribution in [0.1, 0.15) is 34.5 Å². The molecule has 0 unspecified atom stereocenters. The van der Waals surface area contributed by atoms with Gasteiger partial charge in [-0.3, -0.25) is 9.78 Å². The maximum absolute atomic E-state index is 12.8. The summed E-state index contributed by atoms with van der Waals surface area (Å²) >= 11 is 5.82. The number of aromatic nitrogens is 2. The minimum atomic E-state index is -4.51. The number of nitrogens with one attached hydrogen (secondary N) is 2. The lowest BCUT2D eigenvalue weighted by molar-refractivity contribution is -0.137. The average Bonchev–Trinajstić information content (AvgIpc) is 2.67. The van der Waals surface area contributed by atoms with E-state index >= 15 is 0 Å². The monoisotopic (exact) mass is 420 g/mol. The SMILES string of the molecule is C[C@@H](Nc1cncc(Cl)n1)c1cccc(NC(=O)c2cccc(C(F)(F)F)c2)c1. The molecule has 1 heterocycles. The fourth-order valence-electron chi connectivity index (χ4n) is 2.64. The Morgan fingerprint density at radius 2 is 1.86 bits per heavy atom. The molecule has 1 aromatic heterocycles. The van der Waals surface area contributed by atoms with E-state index in [1.165, 1.54) is 24.5 Å². The van der Waals surface area contributed by atoms with Gasteiger partial charge in [0, 0.05) is 11.3 Å². The van der Waals surface area contributed by atoms with E-state index in [4.69, 9.17) is 11.6 Å². The zero-order chi connectivity index (χ0) is 21.0. The molecule has 3 aromatic rings. The maximum atomic E-state index is 12.8. The Morgan fingerprint density at radius 3 is 2.59 bits per heavy atom. The number of anilines is 2. The molecule has 0 saturated heterocycles. The number of alkyl halides is 3. The molecule has 150 valence electrons. The van der Waals surface area contributed by atoms with Gasteiger partial charge in [-0.2, -0.15) is 13.2 Å². The normalized spacial score (nSPS) is 12.3. The highest BCUT2D eigenvalue weighted by Crippen LogP contribution is 2.30. The van der Waals surface area contributed by atoms with E-state index < -0.39 is 17.6 Å². The molecule has 0 aliphatic heterocycles. The van der Waals surface area contributed by atoms with Crippen molar-refractivity contribution in [2.75, 3.05) is 10.6 Å². The molecule has 0 fully saturated rings. The van der Waals surface area contributed by atoms with E-state index in [-0.39, 0.29) is 16.8 Å². The number of carbonyl (C=O) groups is 1. The number of halogens is 4. The van der Waals surface area contributed by atoms with Gasteiger partial charge < -0.3 is 10.6 Å². The lowest BCUT2D eigenvalue weighted by atomic mass is 10.1. The van der Waals surface area contributed by atoms with Gasteiger partial charge >= 0.3 is 6.18 Å². The number of hydrogen-bond acceptors (Lipinski definition) is 4. The molecule has 2 N–H and O–H groups in total. The van der Waals surface area contributed by atoms with Gasteiger partial charge in [0.25, 0.3) is 5.91 Å². The Kier molecular flexibility index (Phi) is 6.03. The third kappa shape index (κ3) is 5.45. The number of benzene rings is 2. The summed E-state index contributed by atoms with van der Waals surface area (Å²) in [4.78, 5) is 20.4. The van der Waals surface area contributed by atoms with Crippen molar-refractivity contribution in [1.82, 2.24) is 9.97 Å². The number of hydrogen-bond donors (Lipinski definition) is 2. The summed E-state index contributed by atoms with van der Waals surface area (Å²) in [5, 5.41) is 6.02. The van der Waals surface area contributed by atoms with E-state index in [0.717, 1.165) is 17.7 Å². The summed E-state index contributed by atoms with van der Waals surface area (Å²) in [7, 11) is 0. The van der Waals surface area contributed by atoms with Gasteiger partial charge in [-0.25, -0.2) is 4.98 Å². The first-order valence-corrected chi connectivity index (χ1v) is 8.93. The summed E-state index contributed by atoms with van der Waals surface area (Å²) in [6.07, 6.45) is -1.57. The number of rotatable bonds is 5. The van der Waals surface area contributed by atoms with Crippen molar-refractivity contribution in [2.24, 2.45) is 0 Å². The molecule has 0 aliphatic carbocycles. The lowest BCUT2D eigenvalue weighted by Gasteiger charge is -2.16. The predicted octanol–water partition coefficient (Wildman–Crippen LogP) is 5.57. The van der Waals surface area contributed by atoms with E-state index in [1.807, 2.05) is 13.0 Å². The second-order valence-corrected chi connectivity index (χ2v) is 6.64. The Balaban J connectivity index is 1.73.